The van der Waals surface area contributed by atoms with E-state index in [4.69, 9.17) is 0 Å². The van der Waals surface area contributed by atoms with Gasteiger partial charge in [0.25, 0.3) is 0 Å². The number of aliphatic hydroxyl groups is 1. The van der Waals surface area contributed by atoms with Gasteiger partial charge in [0.15, 0.2) is 0 Å². The van der Waals surface area contributed by atoms with E-state index in [9.17, 15) is 9.90 Å². The predicted molar refractivity (Wildman–Crippen MR) is 61.9 cm³/mol. The normalized spacial score (nSPS) is 29.3. The molecule has 0 spiro atoms. The molecule has 1 amide bonds. The van der Waals surface area contributed by atoms with Gasteiger partial charge in [-0.25, -0.2) is 0 Å². The molecule has 0 aromatic rings. The smallest absolute Gasteiger partial charge is 0.233 e. The SMILES string of the molecule is O=C(NCC1(O)CCCC1)C1CCCS1. The van der Waals surface area contributed by atoms with E-state index in [2.05, 4.69) is 5.32 Å². The fraction of sp³-hybridized carbons (Fsp3) is 0.909. The van der Waals surface area contributed by atoms with Crippen LogP contribution in [-0.4, -0.2) is 34.2 Å². The summed E-state index contributed by atoms with van der Waals surface area (Å²) >= 11 is 1.74. The van der Waals surface area contributed by atoms with E-state index in [1.165, 1.54) is 0 Å². The van der Waals surface area contributed by atoms with E-state index in [0.717, 1.165) is 44.3 Å². The summed E-state index contributed by atoms with van der Waals surface area (Å²) in [6.45, 7) is 0.447. The molecule has 1 unspecified atom stereocenters. The number of nitrogens with one attached hydrogen (secondary N) is 1. The standard InChI is InChI=1S/C11H19NO2S/c13-10(9-4-3-7-15-9)12-8-11(14)5-1-2-6-11/h9,14H,1-8H2,(H,12,13). The van der Waals surface area contributed by atoms with Crippen molar-refractivity contribution in [2.24, 2.45) is 0 Å². The highest BCUT2D eigenvalue weighted by Crippen LogP contribution is 2.29. The highest BCUT2D eigenvalue weighted by molar-refractivity contribution is 8.00. The van der Waals surface area contributed by atoms with Gasteiger partial charge in [0, 0.05) is 6.54 Å². The molecule has 3 nitrogen and oxygen atoms in total. The summed E-state index contributed by atoms with van der Waals surface area (Å²) in [5.74, 6) is 1.22. The Hall–Kier alpha value is -0.220. The topological polar surface area (TPSA) is 49.3 Å². The number of carbonyl (C=O) groups excluding carboxylic acids is 1. The Morgan fingerprint density at radius 1 is 1.40 bits per heavy atom. The van der Waals surface area contributed by atoms with Gasteiger partial charge >= 0.3 is 0 Å². The lowest BCUT2D eigenvalue weighted by Gasteiger charge is -2.23. The number of amides is 1. The Labute approximate surface area is 95.0 Å². The van der Waals surface area contributed by atoms with Gasteiger partial charge in [-0.05, 0) is 31.4 Å². The first kappa shape index (κ1) is 11.3. The number of hydrogen-bond donors (Lipinski definition) is 2. The van der Waals surface area contributed by atoms with Crippen molar-refractivity contribution in [3.63, 3.8) is 0 Å². The summed E-state index contributed by atoms with van der Waals surface area (Å²) in [5, 5.41) is 13.1. The van der Waals surface area contributed by atoms with Crippen LogP contribution < -0.4 is 5.32 Å². The Morgan fingerprint density at radius 3 is 2.73 bits per heavy atom. The minimum atomic E-state index is -0.612. The molecule has 2 N–H and O–H groups in total. The third-order valence-electron chi connectivity index (χ3n) is 3.35. The van der Waals surface area contributed by atoms with Crippen molar-refractivity contribution in [3.8, 4) is 0 Å². The maximum atomic E-state index is 11.7. The first-order valence-corrected chi connectivity index (χ1v) is 6.86. The second-order valence-electron chi connectivity index (χ2n) is 4.65. The Kier molecular flexibility index (Phi) is 3.57. The van der Waals surface area contributed by atoms with Crippen LogP contribution in [0.5, 0.6) is 0 Å². The van der Waals surface area contributed by atoms with Crippen molar-refractivity contribution >= 4 is 17.7 Å². The number of hydrogen-bond acceptors (Lipinski definition) is 3. The van der Waals surface area contributed by atoms with Crippen molar-refractivity contribution in [1.82, 2.24) is 5.32 Å². The van der Waals surface area contributed by atoms with Gasteiger partial charge in [0.05, 0.1) is 10.9 Å². The highest BCUT2D eigenvalue weighted by Gasteiger charge is 2.32. The van der Waals surface area contributed by atoms with Crippen molar-refractivity contribution in [2.75, 3.05) is 12.3 Å². The predicted octanol–water partition coefficient (Wildman–Crippen LogP) is 1.30. The molecule has 1 aliphatic heterocycles. The molecule has 1 saturated heterocycles. The lowest BCUT2D eigenvalue weighted by atomic mass is 10.0. The van der Waals surface area contributed by atoms with Crippen molar-refractivity contribution in [3.05, 3.63) is 0 Å². The minimum Gasteiger partial charge on any atom is -0.388 e. The molecule has 1 heterocycles. The largest absolute Gasteiger partial charge is 0.388 e. The summed E-state index contributed by atoms with van der Waals surface area (Å²) in [4.78, 5) is 11.7. The zero-order chi connectivity index (χ0) is 10.7. The van der Waals surface area contributed by atoms with Crippen LogP contribution in [0.1, 0.15) is 38.5 Å². The molecule has 1 saturated carbocycles. The fourth-order valence-corrected chi connectivity index (χ4v) is 3.55. The van der Waals surface area contributed by atoms with Crippen LogP contribution in [0.25, 0.3) is 0 Å². The average molecular weight is 229 g/mol. The van der Waals surface area contributed by atoms with Crippen LogP contribution in [0.2, 0.25) is 0 Å². The molecule has 2 aliphatic rings. The fourth-order valence-electron chi connectivity index (χ4n) is 2.36. The Balaban J connectivity index is 1.74. The zero-order valence-electron chi connectivity index (χ0n) is 9.00. The van der Waals surface area contributed by atoms with Gasteiger partial charge < -0.3 is 10.4 Å². The van der Waals surface area contributed by atoms with E-state index >= 15 is 0 Å². The molecule has 2 rings (SSSR count). The summed E-state index contributed by atoms with van der Waals surface area (Å²) in [7, 11) is 0. The van der Waals surface area contributed by atoms with Crippen molar-refractivity contribution in [2.45, 2.75) is 49.4 Å². The zero-order valence-corrected chi connectivity index (χ0v) is 9.81. The van der Waals surface area contributed by atoms with Crippen LogP contribution in [0.3, 0.4) is 0 Å². The number of thioether (sulfide) groups is 1. The second kappa shape index (κ2) is 4.74. The van der Waals surface area contributed by atoms with E-state index in [-0.39, 0.29) is 11.2 Å². The Morgan fingerprint density at radius 2 is 2.13 bits per heavy atom. The average Bonchev–Trinajstić information content (AvgIpc) is 2.85. The third-order valence-corrected chi connectivity index (χ3v) is 4.72. The molecule has 0 aromatic carbocycles. The monoisotopic (exact) mass is 229 g/mol. The van der Waals surface area contributed by atoms with Crippen molar-refractivity contribution in [1.29, 1.82) is 0 Å². The molecule has 2 fully saturated rings. The second-order valence-corrected chi connectivity index (χ2v) is 5.96. The highest BCUT2D eigenvalue weighted by atomic mass is 32.2. The van der Waals surface area contributed by atoms with Gasteiger partial charge in [0.1, 0.15) is 0 Å². The van der Waals surface area contributed by atoms with Gasteiger partial charge in [-0.15, -0.1) is 11.8 Å². The summed E-state index contributed by atoms with van der Waals surface area (Å²) in [6.07, 6.45) is 5.99. The maximum Gasteiger partial charge on any atom is 0.233 e. The van der Waals surface area contributed by atoms with Crippen LogP contribution in [0.4, 0.5) is 0 Å². The Bertz CT molecular complexity index is 233. The van der Waals surface area contributed by atoms with E-state index in [1.807, 2.05) is 0 Å². The minimum absolute atomic E-state index is 0.123. The molecular formula is C11H19NO2S. The summed E-state index contributed by atoms with van der Waals surface area (Å²) in [5.41, 5.74) is -0.612. The van der Waals surface area contributed by atoms with Gasteiger partial charge in [-0.2, -0.15) is 0 Å². The first-order valence-electron chi connectivity index (χ1n) is 5.81. The lowest BCUT2D eigenvalue weighted by molar-refractivity contribution is -0.121. The van der Waals surface area contributed by atoms with Gasteiger partial charge in [-0.1, -0.05) is 12.8 Å². The molecule has 86 valence electrons. The van der Waals surface area contributed by atoms with E-state index in [1.54, 1.807) is 11.8 Å². The van der Waals surface area contributed by atoms with Crippen LogP contribution in [-0.2, 0) is 4.79 Å². The van der Waals surface area contributed by atoms with Crippen molar-refractivity contribution < 1.29 is 9.90 Å². The summed E-state index contributed by atoms with van der Waals surface area (Å²) < 4.78 is 0. The van der Waals surface area contributed by atoms with Crippen LogP contribution in [0, 0.1) is 0 Å². The van der Waals surface area contributed by atoms with Gasteiger partial charge in [0.2, 0.25) is 5.91 Å². The molecule has 4 heteroatoms. The number of carbonyl (C=O) groups is 1. The van der Waals surface area contributed by atoms with Crippen LogP contribution in [0.15, 0.2) is 0 Å². The summed E-state index contributed by atoms with van der Waals surface area (Å²) in [6, 6.07) is 0. The van der Waals surface area contributed by atoms with Gasteiger partial charge in [-0.3, -0.25) is 4.79 Å². The van der Waals surface area contributed by atoms with E-state index in [0.29, 0.717) is 6.54 Å². The van der Waals surface area contributed by atoms with E-state index < -0.39 is 5.60 Å². The molecule has 0 radical (unpaired) electrons. The molecular weight excluding hydrogens is 210 g/mol. The quantitative estimate of drug-likeness (QED) is 0.767. The lowest BCUT2D eigenvalue weighted by Crippen LogP contribution is -2.43. The molecule has 1 atom stereocenters. The first-order chi connectivity index (χ1) is 7.20. The number of rotatable bonds is 3. The molecule has 0 bridgehead atoms. The molecule has 1 aliphatic carbocycles. The molecule has 0 aromatic heterocycles. The van der Waals surface area contributed by atoms with Crippen LogP contribution >= 0.6 is 11.8 Å². The molecule has 15 heavy (non-hydrogen) atoms. The maximum absolute atomic E-state index is 11.7. The third kappa shape index (κ3) is 2.88.